The second-order valence-corrected chi connectivity index (χ2v) is 6.40. The molecule has 3 aromatic carbocycles. The van der Waals surface area contributed by atoms with Gasteiger partial charge in [-0.1, -0.05) is 80.7 Å². The van der Waals surface area contributed by atoms with E-state index in [0.29, 0.717) is 17.2 Å². The van der Waals surface area contributed by atoms with Gasteiger partial charge < -0.3 is 5.73 Å². The third kappa shape index (κ3) is 5.04. The monoisotopic (exact) mass is 369 g/mol. The van der Waals surface area contributed by atoms with E-state index in [1.807, 2.05) is 92.7 Å². The van der Waals surface area contributed by atoms with Crippen molar-refractivity contribution in [3.63, 3.8) is 0 Å². The Morgan fingerprint density at radius 1 is 0.821 bits per heavy atom. The summed E-state index contributed by atoms with van der Waals surface area (Å²) >= 11 is 0. The second kappa shape index (κ2) is 9.47. The molecule has 0 radical (unpaired) electrons. The Morgan fingerprint density at radius 2 is 1.39 bits per heavy atom. The van der Waals surface area contributed by atoms with Crippen molar-refractivity contribution in [3.05, 3.63) is 108 Å². The normalized spacial score (nSPS) is 11.6. The number of aryl methyl sites for hydroxylation is 1. The van der Waals surface area contributed by atoms with Gasteiger partial charge in [0.1, 0.15) is 0 Å². The van der Waals surface area contributed by atoms with Crippen LogP contribution in [0.1, 0.15) is 36.6 Å². The van der Waals surface area contributed by atoms with Crippen LogP contribution in [0.5, 0.6) is 0 Å². The van der Waals surface area contributed by atoms with Crippen LogP contribution in [-0.2, 0) is 0 Å². The first kappa shape index (κ1) is 20.8. The molecule has 3 rings (SSSR count). The van der Waals surface area contributed by atoms with Gasteiger partial charge in [-0.3, -0.25) is 0 Å². The third-order valence-electron chi connectivity index (χ3n) is 4.26. The van der Waals surface area contributed by atoms with E-state index in [1.165, 1.54) is 0 Å². The highest BCUT2D eigenvalue weighted by atomic mass is 14.9. The second-order valence-electron chi connectivity index (χ2n) is 6.40. The number of hydrogen-bond acceptors (Lipinski definition) is 2. The summed E-state index contributed by atoms with van der Waals surface area (Å²) in [4.78, 5) is 9.53. The zero-order chi connectivity index (χ0) is 19.2. The molecule has 0 bridgehead atoms. The zero-order valence-corrected chi connectivity index (χ0v) is 15.7. The molecule has 0 unspecified atom stereocenters. The summed E-state index contributed by atoms with van der Waals surface area (Å²) in [6.07, 6.45) is 0. The van der Waals surface area contributed by atoms with Gasteiger partial charge in [0.15, 0.2) is 5.84 Å². The first-order valence-electron chi connectivity index (χ1n) is 8.85. The number of nitrogens with zero attached hydrogens (tertiary/aromatic N) is 2. The first-order valence-corrected chi connectivity index (χ1v) is 8.85. The minimum atomic E-state index is 0. The molecular weight excluding hydrogens is 342 g/mol. The van der Waals surface area contributed by atoms with Gasteiger partial charge in [-0.2, -0.15) is 0 Å². The topological polar surface area (TPSA) is 50.7 Å². The van der Waals surface area contributed by atoms with Crippen molar-refractivity contribution in [3.8, 4) is 0 Å². The number of nitrogen functional groups attached to an aromatic ring is 1. The molecule has 2 N–H and O–H groups in total. The summed E-state index contributed by atoms with van der Waals surface area (Å²) in [7, 11) is 0. The van der Waals surface area contributed by atoms with Crippen LogP contribution >= 0.6 is 0 Å². The molecule has 0 heterocycles. The number of benzene rings is 3. The average molecular weight is 370 g/mol. The number of anilines is 1. The van der Waals surface area contributed by atoms with Crippen LogP contribution in [0.4, 0.5) is 5.69 Å². The van der Waals surface area contributed by atoms with E-state index < -0.39 is 0 Å². The number of rotatable bonds is 4. The van der Waals surface area contributed by atoms with Gasteiger partial charge >= 0.3 is 0 Å². The standard InChI is InChI=1S/C24H23N3.CH4/c1-17-14-15-22(23(25)16-17)24(26-18(2)20-10-6-4-7-11-20)27-19(3)21-12-8-5-9-13-21;/h4-16H,2,25H2,1,3H3;1H4. The van der Waals surface area contributed by atoms with Crippen molar-refractivity contribution in [2.45, 2.75) is 21.3 Å². The molecule has 0 aliphatic carbocycles. The Balaban J connectivity index is 0.00000280. The van der Waals surface area contributed by atoms with Gasteiger partial charge in [-0.05, 0) is 42.7 Å². The first-order chi connectivity index (χ1) is 13.0. The number of hydrogen-bond donors (Lipinski definition) is 1. The quantitative estimate of drug-likeness (QED) is 0.335. The highest BCUT2D eigenvalue weighted by Gasteiger charge is 2.10. The fourth-order valence-corrected chi connectivity index (χ4v) is 2.76. The maximum Gasteiger partial charge on any atom is 0.162 e. The van der Waals surface area contributed by atoms with E-state index in [4.69, 9.17) is 15.7 Å². The Labute approximate surface area is 168 Å². The Morgan fingerprint density at radius 3 is 1.96 bits per heavy atom. The maximum absolute atomic E-state index is 6.27. The lowest BCUT2D eigenvalue weighted by atomic mass is 10.1. The van der Waals surface area contributed by atoms with Gasteiger partial charge in [0, 0.05) is 17.0 Å². The highest BCUT2D eigenvalue weighted by molar-refractivity contribution is 6.14. The van der Waals surface area contributed by atoms with Crippen LogP contribution in [0.2, 0.25) is 0 Å². The van der Waals surface area contributed by atoms with Crippen LogP contribution in [0.3, 0.4) is 0 Å². The summed E-state index contributed by atoms with van der Waals surface area (Å²) in [6.45, 7) is 8.10. The minimum absolute atomic E-state index is 0. The van der Waals surface area contributed by atoms with Crippen molar-refractivity contribution >= 4 is 22.9 Å². The van der Waals surface area contributed by atoms with Gasteiger partial charge in [-0.25, -0.2) is 9.98 Å². The maximum atomic E-state index is 6.27. The molecule has 3 nitrogen and oxygen atoms in total. The van der Waals surface area contributed by atoms with Gasteiger partial charge in [0.05, 0.1) is 5.70 Å². The average Bonchev–Trinajstić information content (AvgIpc) is 2.69. The summed E-state index contributed by atoms with van der Waals surface area (Å²) in [6, 6.07) is 25.8. The van der Waals surface area contributed by atoms with Crippen LogP contribution in [0.25, 0.3) is 5.70 Å². The number of aliphatic imine (C=N–C) groups is 2. The molecule has 0 saturated heterocycles. The van der Waals surface area contributed by atoms with Crippen LogP contribution in [-0.4, -0.2) is 11.5 Å². The Hall–Kier alpha value is -3.46. The highest BCUT2D eigenvalue weighted by Crippen LogP contribution is 2.20. The predicted octanol–water partition coefficient (Wildman–Crippen LogP) is 6.14. The van der Waals surface area contributed by atoms with Crippen LogP contribution < -0.4 is 5.73 Å². The Kier molecular flexibility index (Phi) is 7.05. The third-order valence-corrected chi connectivity index (χ3v) is 4.26. The SMILES string of the molecule is C.C=C(N=C(N=C(C)c1ccccc1)c1ccc(C)cc1N)c1ccccc1. The molecule has 0 fully saturated rings. The predicted molar refractivity (Wildman–Crippen MR) is 123 cm³/mol. The Bertz CT molecular complexity index is 1000. The van der Waals surface area contributed by atoms with Crippen molar-refractivity contribution in [1.82, 2.24) is 0 Å². The van der Waals surface area contributed by atoms with E-state index in [0.717, 1.165) is 28.0 Å². The van der Waals surface area contributed by atoms with E-state index in [9.17, 15) is 0 Å². The molecule has 0 amide bonds. The lowest BCUT2D eigenvalue weighted by Gasteiger charge is -2.10. The molecule has 0 aliphatic rings. The number of nitrogens with two attached hydrogens (primary N) is 1. The van der Waals surface area contributed by atoms with Gasteiger partial charge in [-0.15, -0.1) is 0 Å². The molecule has 142 valence electrons. The van der Waals surface area contributed by atoms with Crippen LogP contribution in [0, 0.1) is 6.92 Å². The zero-order valence-electron chi connectivity index (χ0n) is 15.7. The minimum Gasteiger partial charge on any atom is -0.398 e. The van der Waals surface area contributed by atoms with Crippen LogP contribution in [0.15, 0.2) is 95.4 Å². The lowest BCUT2D eigenvalue weighted by Crippen LogP contribution is -2.07. The molecule has 0 aliphatic heterocycles. The van der Waals surface area contributed by atoms with E-state index in [2.05, 4.69) is 6.58 Å². The smallest absolute Gasteiger partial charge is 0.162 e. The van der Waals surface area contributed by atoms with E-state index in [1.54, 1.807) is 0 Å². The summed E-state index contributed by atoms with van der Waals surface area (Å²) in [5.74, 6) is 0.558. The summed E-state index contributed by atoms with van der Waals surface area (Å²) in [5, 5.41) is 0. The van der Waals surface area contributed by atoms with E-state index >= 15 is 0 Å². The van der Waals surface area contributed by atoms with Crippen molar-refractivity contribution in [2.75, 3.05) is 5.73 Å². The number of amidine groups is 1. The fraction of sp³-hybridized carbons (Fsp3) is 0.120. The molecule has 0 atom stereocenters. The lowest BCUT2D eigenvalue weighted by molar-refractivity contribution is 1.41. The van der Waals surface area contributed by atoms with Gasteiger partial charge in [0.2, 0.25) is 0 Å². The van der Waals surface area contributed by atoms with Gasteiger partial charge in [0.25, 0.3) is 0 Å². The summed E-state index contributed by atoms with van der Waals surface area (Å²) < 4.78 is 0. The van der Waals surface area contributed by atoms with E-state index in [-0.39, 0.29) is 7.43 Å². The molecule has 0 spiro atoms. The van der Waals surface area contributed by atoms with Crippen molar-refractivity contribution < 1.29 is 0 Å². The van der Waals surface area contributed by atoms with Crippen molar-refractivity contribution in [1.29, 1.82) is 0 Å². The largest absolute Gasteiger partial charge is 0.398 e. The molecule has 3 heteroatoms. The molecule has 0 aromatic heterocycles. The summed E-state index contributed by atoms with van der Waals surface area (Å²) in [5.41, 5.74) is 12.3. The van der Waals surface area contributed by atoms with Crippen molar-refractivity contribution in [2.24, 2.45) is 9.98 Å². The fourth-order valence-electron chi connectivity index (χ4n) is 2.76. The molecule has 3 aromatic rings. The molecule has 0 saturated carbocycles. The molecular formula is C25H27N3. The molecule has 28 heavy (non-hydrogen) atoms.